The van der Waals surface area contributed by atoms with E-state index in [9.17, 15) is 0 Å². The smallest absolute Gasteiger partial charge is 0.0589 e. The molecule has 3 heteroatoms. The molecule has 3 nitrogen and oxygen atoms in total. The van der Waals surface area contributed by atoms with Crippen LogP contribution in [0.4, 0.5) is 0 Å². The molecule has 0 saturated carbocycles. The van der Waals surface area contributed by atoms with Crippen molar-refractivity contribution in [3.8, 4) is 0 Å². The van der Waals surface area contributed by atoms with E-state index < -0.39 is 0 Å². The van der Waals surface area contributed by atoms with Gasteiger partial charge >= 0.3 is 0 Å². The van der Waals surface area contributed by atoms with Crippen LogP contribution in [0.2, 0.25) is 0 Å². The molecule has 2 N–H and O–H groups in total. The van der Waals surface area contributed by atoms with Gasteiger partial charge in [-0.3, -0.25) is 0 Å². The maximum Gasteiger partial charge on any atom is 0.0589 e. The van der Waals surface area contributed by atoms with Crippen LogP contribution in [0.1, 0.15) is 25.0 Å². The minimum absolute atomic E-state index is 0.623. The fraction of sp³-hybridized carbons (Fsp3) is 0.625. The van der Waals surface area contributed by atoms with Crippen molar-refractivity contribution in [2.75, 3.05) is 33.4 Å². The molecule has 0 bridgehead atoms. The first-order valence-electron chi connectivity index (χ1n) is 7.15. The predicted molar refractivity (Wildman–Crippen MR) is 81.2 cm³/mol. The zero-order valence-electron chi connectivity index (χ0n) is 12.6. The van der Waals surface area contributed by atoms with Crippen LogP contribution in [-0.2, 0) is 17.7 Å². The van der Waals surface area contributed by atoms with Crippen molar-refractivity contribution in [2.45, 2.75) is 26.8 Å². The summed E-state index contributed by atoms with van der Waals surface area (Å²) in [5, 5.41) is 0. The topological polar surface area (TPSA) is 38.5 Å². The van der Waals surface area contributed by atoms with Crippen molar-refractivity contribution in [3.63, 3.8) is 0 Å². The summed E-state index contributed by atoms with van der Waals surface area (Å²) in [5.41, 5.74) is 8.42. The first-order chi connectivity index (χ1) is 9.17. The molecule has 0 spiro atoms. The number of rotatable bonds is 9. The molecular formula is C16H28N2O. The molecule has 1 rings (SSSR count). The summed E-state index contributed by atoms with van der Waals surface area (Å²) < 4.78 is 5.19. The molecule has 19 heavy (non-hydrogen) atoms. The Kier molecular flexibility index (Phi) is 7.72. The van der Waals surface area contributed by atoms with Crippen molar-refractivity contribution in [2.24, 2.45) is 11.7 Å². The normalized spacial score (nSPS) is 11.5. The second kappa shape index (κ2) is 9.08. The molecule has 0 radical (unpaired) electrons. The standard InChI is InChI=1S/C16H28N2O/c1-14(2)13-18(10-11-19-3)9-8-15-6-4-5-7-16(15)12-17/h4-7,14H,8-13,17H2,1-3H3. The van der Waals surface area contributed by atoms with Gasteiger partial charge in [0.2, 0.25) is 0 Å². The van der Waals surface area contributed by atoms with E-state index in [0.29, 0.717) is 12.5 Å². The Bertz CT molecular complexity index is 352. The van der Waals surface area contributed by atoms with Crippen molar-refractivity contribution in [1.82, 2.24) is 4.90 Å². The Balaban J connectivity index is 2.54. The zero-order chi connectivity index (χ0) is 14.1. The SMILES string of the molecule is COCCN(CCc1ccccc1CN)CC(C)C. The maximum atomic E-state index is 5.78. The van der Waals surface area contributed by atoms with Crippen LogP contribution in [0.25, 0.3) is 0 Å². The fourth-order valence-corrected chi connectivity index (χ4v) is 2.31. The van der Waals surface area contributed by atoms with Crippen molar-refractivity contribution >= 4 is 0 Å². The lowest BCUT2D eigenvalue weighted by Gasteiger charge is -2.24. The largest absolute Gasteiger partial charge is 0.383 e. The summed E-state index contributed by atoms with van der Waals surface area (Å²) in [6.45, 7) is 9.12. The third-order valence-corrected chi connectivity index (χ3v) is 3.27. The van der Waals surface area contributed by atoms with E-state index in [-0.39, 0.29) is 0 Å². The molecule has 0 aromatic heterocycles. The summed E-state index contributed by atoms with van der Waals surface area (Å²) in [5.74, 6) is 0.682. The van der Waals surface area contributed by atoms with Gasteiger partial charge in [0, 0.05) is 33.3 Å². The number of methoxy groups -OCH3 is 1. The first kappa shape index (κ1) is 16.2. The highest BCUT2D eigenvalue weighted by Crippen LogP contribution is 2.10. The van der Waals surface area contributed by atoms with Crippen LogP contribution in [-0.4, -0.2) is 38.3 Å². The molecule has 0 fully saturated rings. The third-order valence-electron chi connectivity index (χ3n) is 3.27. The van der Waals surface area contributed by atoms with E-state index >= 15 is 0 Å². The highest BCUT2D eigenvalue weighted by atomic mass is 16.5. The van der Waals surface area contributed by atoms with Gasteiger partial charge in [-0.2, -0.15) is 0 Å². The molecule has 1 aromatic rings. The third kappa shape index (κ3) is 6.19. The van der Waals surface area contributed by atoms with Crippen LogP contribution in [0, 0.1) is 5.92 Å². The minimum atomic E-state index is 0.623. The van der Waals surface area contributed by atoms with Gasteiger partial charge in [0.05, 0.1) is 6.61 Å². The maximum absolute atomic E-state index is 5.78. The molecule has 0 aliphatic carbocycles. The second-order valence-electron chi connectivity index (χ2n) is 5.41. The molecule has 0 atom stereocenters. The van der Waals surface area contributed by atoms with E-state index in [1.165, 1.54) is 11.1 Å². The van der Waals surface area contributed by atoms with E-state index in [2.05, 4.69) is 43.0 Å². The first-order valence-corrected chi connectivity index (χ1v) is 7.15. The Morgan fingerprint density at radius 2 is 1.84 bits per heavy atom. The van der Waals surface area contributed by atoms with Gasteiger partial charge in [0.1, 0.15) is 0 Å². The van der Waals surface area contributed by atoms with E-state index in [4.69, 9.17) is 10.5 Å². The average molecular weight is 264 g/mol. The van der Waals surface area contributed by atoms with Crippen LogP contribution >= 0.6 is 0 Å². The van der Waals surface area contributed by atoms with Crippen molar-refractivity contribution < 1.29 is 4.74 Å². The Morgan fingerprint density at radius 3 is 2.42 bits per heavy atom. The Hall–Kier alpha value is -0.900. The molecule has 0 aliphatic rings. The van der Waals surface area contributed by atoms with E-state index in [0.717, 1.165) is 32.7 Å². The molecule has 0 unspecified atom stereocenters. The summed E-state index contributed by atoms with van der Waals surface area (Å²) in [4.78, 5) is 2.47. The van der Waals surface area contributed by atoms with Gasteiger partial charge in [-0.15, -0.1) is 0 Å². The monoisotopic (exact) mass is 264 g/mol. The molecule has 0 heterocycles. The molecule has 0 aliphatic heterocycles. The van der Waals surface area contributed by atoms with Gasteiger partial charge in [-0.05, 0) is 23.5 Å². The van der Waals surface area contributed by atoms with Gasteiger partial charge < -0.3 is 15.4 Å². The van der Waals surface area contributed by atoms with E-state index in [1.54, 1.807) is 7.11 Å². The van der Waals surface area contributed by atoms with Crippen molar-refractivity contribution in [3.05, 3.63) is 35.4 Å². The number of benzene rings is 1. The highest BCUT2D eigenvalue weighted by molar-refractivity contribution is 5.27. The lowest BCUT2D eigenvalue weighted by Crippen LogP contribution is -2.33. The highest BCUT2D eigenvalue weighted by Gasteiger charge is 2.08. The predicted octanol–water partition coefficient (Wildman–Crippen LogP) is 2.29. The van der Waals surface area contributed by atoms with Crippen LogP contribution < -0.4 is 5.73 Å². The van der Waals surface area contributed by atoms with Crippen molar-refractivity contribution in [1.29, 1.82) is 0 Å². The molecule has 0 saturated heterocycles. The lowest BCUT2D eigenvalue weighted by atomic mass is 10.0. The Labute approximate surface area is 117 Å². The molecule has 0 amide bonds. The number of ether oxygens (including phenoxy) is 1. The molecule has 108 valence electrons. The average Bonchev–Trinajstić information content (AvgIpc) is 2.41. The van der Waals surface area contributed by atoms with Crippen LogP contribution in [0.15, 0.2) is 24.3 Å². The minimum Gasteiger partial charge on any atom is -0.383 e. The summed E-state index contributed by atoms with van der Waals surface area (Å²) >= 11 is 0. The van der Waals surface area contributed by atoms with Gasteiger partial charge in [-0.25, -0.2) is 0 Å². The van der Waals surface area contributed by atoms with Gasteiger partial charge in [0.15, 0.2) is 0 Å². The number of hydrogen-bond donors (Lipinski definition) is 1. The van der Waals surface area contributed by atoms with Crippen LogP contribution in [0.3, 0.4) is 0 Å². The quantitative estimate of drug-likeness (QED) is 0.744. The van der Waals surface area contributed by atoms with Crippen LogP contribution in [0.5, 0.6) is 0 Å². The number of nitrogens with zero attached hydrogens (tertiary/aromatic N) is 1. The van der Waals surface area contributed by atoms with Gasteiger partial charge in [-0.1, -0.05) is 38.1 Å². The molecular weight excluding hydrogens is 236 g/mol. The number of nitrogens with two attached hydrogens (primary N) is 1. The zero-order valence-corrected chi connectivity index (χ0v) is 12.6. The summed E-state index contributed by atoms with van der Waals surface area (Å²) in [6, 6.07) is 8.46. The molecule has 1 aromatic carbocycles. The number of hydrogen-bond acceptors (Lipinski definition) is 3. The Morgan fingerprint density at radius 1 is 1.16 bits per heavy atom. The lowest BCUT2D eigenvalue weighted by molar-refractivity contribution is 0.141. The second-order valence-corrected chi connectivity index (χ2v) is 5.41. The summed E-state index contributed by atoms with van der Waals surface area (Å²) in [6.07, 6.45) is 1.06. The van der Waals surface area contributed by atoms with Gasteiger partial charge in [0.25, 0.3) is 0 Å². The summed E-state index contributed by atoms with van der Waals surface area (Å²) in [7, 11) is 1.76. The van der Waals surface area contributed by atoms with E-state index in [1.807, 2.05) is 0 Å². The fourth-order valence-electron chi connectivity index (χ4n) is 2.31.